The smallest absolute Gasteiger partial charge is 0.214 e. The molecule has 2 aromatic rings. The molecule has 6 nitrogen and oxygen atoms in total. The summed E-state index contributed by atoms with van der Waals surface area (Å²) in [7, 11) is 3.00. The fourth-order valence-electron chi connectivity index (χ4n) is 1.75. The maximum absolute atomic E-state index is 8.71. The molecule has 0 bridgehead atoms. The van der Waals surface area contributed by atoms with Gasteiger partial charge in [-0.05, 0) is 13.8 Å². The minimum atomic E-state index is 0.336. The molecule has 24 heavy (non-hydrogen) atoms. The lowest BCUT2D eigenvalue weighted by Gasteiger charge is -2.04. The summed E-state index contributed by atoms with van der Waals surface area (Å²) >= 11 is 11.4. The van der Waals surface area contributed by atoms with E-state index in [1.165, 1.54) is 26.4 Å². The van der Waals surface area contributed by atoms with Gasteiger partial charge >= 0.3 is 0 Å². The van der Waals surface area contributed by atoms with E-state index in [9.17, 15) is 0 Å². The molecule has 0 aliphatic heterocycles. The second kappa shape index (κ2) is 8.93. The Hall–Kier alpha value is -2.54. The first-order valence-electron chi connectivity index (χ1n) is 6.60. The molecule has 0 saturated carbocycles. The van der Waals surface area contributed by atoms with E-state index in [0.29, 0.717) is 44.3 Å². The summed E-state index contributed by atoms with van der Waals surface area (Å²) in [6.07, 6.45) is 0. The minimum Gasteiger partial charge on any atom is -0.495 e. The van der Waals surface area contributed by atoms with Crippen molar-refractivity contribution in [2.24, 2.45) is 0 Å². The standard InChI is InChI=1S/2C8H7ClN2O/c1-5-6(4-10)7(12-2)3-8(9)11-5;1-5-6(4-10)7(9)3-8(11-5)12-2/h2*3H,1-2H3. The van der Waals surface area contributed by atoms with Crippen LogP contribution in [0.5, 0.6) is 11.6 Å². The molecular formula is C16H14Cl2N4O2. The van der Waals surface area contributed by atoms with Crippen LogP contribution in [0, 0.1) is 36.5 Å². The highest BCUT2D eigenvalue weighted by Crippen LogP contribution is 2.23. The Kier molecular flexibility index (Phi) is 7.26. The number of aryl methyl sites for hydroxylation is 2. The molecule has 0 aliphatic rings. The third kappa shape index (κ3) is 4.73. The molecule has 0 aromatic carbocycles. The van der Waals surface area contributed by atoms with Gasteiger partial charge in [0.05, 0.1) is 36.2 Å². The van der Waals surface area contributed by atoms with Crippen molar-refractivity contribution in [3.8, 4) is 23.8 Å². The molecule has 2 aromatic heterocycles. The van der Waals surface area contributed by atoms with Gasteiger partial charge in [0.25, 0.3) is 0 Å². The van der Waals surface area contributed by atoms with Crippen molar-refractivity contribution >= 4 is 23.2 Å². The highest BCUT2D eigenvalue weighted by Gasteiger charge is 2.08. The molecule has 8 heteroatoms. The van der Waals surface area contributed by atoms with Crippen LogP contribution in [0.1, 0.15) is 22.5 Å². The number of halogens is 2. The lowest BCUT2D eigenvalue weighted by molar-refractivity contribution is 0.397. The summed E-state index contributed by atoms with van der Waals surface area (Å²) in [6.45, 7) is 3.43. The van der Waals surface area contributed by atoms with E-state index in [1.54, 1.807) is 13.8 Å². The van der Waals surface area contributed by atoms with Crippen LogP contribution in [0.4, 0.5) is 0 Å². The first-order valence-corrected chi connectivity index (χ1v) is 7.35. The Labute approximate surface area is 150 Å². The zero-order valence-corrected chi connectivity index (χ0v) is 15.0. The van der Waals surface area contributed by atoms with Crippen LogP contribution < -0.4 is 9.47 Å². The molecule has 0 aliphatic carbocycles. The van der Waals surface area contributed by atoms with Gasteiger partial charge in [0.1, 0.15) is 28.6 Å². The van der Waals surface area contributed by atoms with E-state index in [0.717, 1.165) is 0 Å². The fourth-order valence-corrected chi connectivity index (χ4v) is 2.25. The predicted molar refractivity (Wildman–Crippen MR) is 90.5 cm³/mol. The van der Waals surface area contributed by atoms with Crippen molar-refractivity contribution in [1.82, 2.24) is 9.97 Å². The number of aromatic nitrogens is 2. The van der Waals surface area contributed by atoms with Crippen molar-refractivity contribution in [2.45, 2.75) is 13.8 Å². The van der Waals surface area contributed by atoms with Gasteiger partial charge in [0, 0.05) is 12.1 Å². The Morgan fingerprint density at radius 3 is 1.96 bits per heavy atom. The van der Waals surface area contributed by atoms with Crippen LogP contribution in [0.2, 0.25) is 10.2 Å². The van der Waals surface area contributed by atoms with E-state index >= 15 is 0 Å². The van der Waals surface area contributed by atoms with Gasteiger partial charge in [-0.1, -0.05) is 23.2 Å². The van der Waals surface area contributed by atoms with E-state index in [-0.39, 0.29) is 0 Å². The van der Waals surface area contributed by atoms with Crippen LogP contribution in [0.25, 0.3) is 0 Å². The van der Waals surface area contributed by atoms with E-state index < -0.39 is 0 Å². The SMILES string of the molecule is COc1cc(Cl)c(C#N)c(C)n1.COc1cc(Cl)nc(C)c1C#N. The average Bonchev–Trinajstić information content (AvgIpc) is 2.54. The van der Waals surface area contributed by atoms with Gasteiger partial charge in [-0.3, -0.25) is 0 Å². The van der Waals surface area contributed by atoms with E-state index in [2.05, 4.69) is 9.97 Å². The van der Waals surface area contributed by atoms with Crippen molar-refractivity contribution < 1.29 is 9.47 Å². The first kappa shape index (κ1) is 19.5. The molecule has 0 radical (unpaired) electrons. The van der Waals surface area contributed by atoms with Gasteiger partial charge in [-0.25, -0.2) is 9.97 Å². The van der Waals surface area contributed by atoms with Gasteiger partial charge in [-0.2, -0.15) is 10.5 Å². The Bertz CT molecular complexity index is 803. The first-order chi connectivity index (χ1) is 11.4. The maximum atomic E-state index is 8.71. The van der Waals surface area contributed by atoms with Gasteiger partial charge in [0.15, 0.2) is 0 Å². The van der Waals surface area contributed by atoms with Crippen LogP contribution in [0.15, 0.2) is 12.1 Å². The largest absolute Gasteiger partial charge is 0.495 e. The summed E-state index contributed by atoms with van der Waals surface area (Å²) in [4.78, 5) is 7.91. The zero-order valence-electron chi connectivity index (χ0n) is 13.5. The van der Waals surface area contributed by atoms with Crippen molar-refractivity contribution in [3.05, 3.63) is 44.8 Å². The van der Waals surface area contributed by atoms with E-state index in [4.69, 9.17) is 43.2 Å². The topological polar surface area (TPSA) is 91.8 Å². The Morgan fingerprint density at radius 2 is 1.50 bits per heavy atom. The van der Waals surface area contributed by atoms with Gasteiger partial charge in [-0.15, -0.1) is 0 Å². The number of nitrogens with zero attached hydrogens (tertiary/aromatic N) is 4. The number of ether oxygens (including phenoxy) is 2. The number of hydrogen-bond acceptors (Lipinski definition) is 6. The predicted octanol–water partition coefficient (Wildman–Crippen LogP) is 3.85. The maximum Gasteiger partial charge on any atom is 0.214 e. The summed E-state index contributed by atoms with van der Waals surface area (Å²) in [5, 5.41) is 18.1. The Balaban J connectivity index is 0.000000240. The molecule has 0 N–H and O–H groups in total. The van der Waals surface area contributed by atoms with Crippen molar-refractivity contribution in [2.75, 3.05) is 14.2 Å². The number of hydrogen-bond donors (Lipinski definition) is 0. The van der Waals surface area contributed by atoms with Crippen LogP contribution in [-0.4, -0.2) is 24.2 Å². The molecule has 0 saturated heterocycles. The van der Waals surface area contributed by atoms with Crippen molar-refractivity contribution in [1.29, 1.82) is 10.5 Å². The van der Waals surface area contributed by atoms with E-state index in [1.807, 2.05) is 12.1 Å². The summed E-state index contributed by atoms with van der Waals surface area (Å²) < 4.78 is 9.82. The zero-order chi connectivity index (χ0) is 18.3. The molecule has 0 spiro atoms. The van der Waals surface area contributed by atoms with Gasteiger partial charge in [0.2, 0.25) is 5.88 Å². The average molecular weight is 365 g/mol. The molecule has 124 valence electrons. The number of nitriles is 2. The molecule has 2 rings (SSSR count). The molecule has 0 unspecified atom stereocenters. The van der Waals surface area contributed by atoms with Gasteiger partial charge < -0.3 is 9.47 Å². The highest BCUT2D eigenvalue weighted by molar-refractivity contribution is 6.31. The minimum absolute atomic E-state index is 0.336. The molecule has 0 fully saturated rings. The van der Waals surface area contributed by atoms with Crippen LogP contribution >= 0.6 is 23.2 Å². The van der Waals surface area contributed by atoms with Crippen LogP contribution in [0.3, 0.4) is 0 Å². The fraction of sp³-hybridized carbons (Fsp3) is 0.250. The third-order valence-corrected chi connectivity index (χ3v) is 3.41. The van der Waals surface area contributed by atoms with Crippen molar-refractivity contribution in [3.63, 3.8) is 0 Å². The quantitative estimate of drug-likeness (QED) is 0.751. The lowest BCUT2D eigenvalue weighted by atomic mass is 10.2. The number of rotatable bonds is 2. The Morgan fingerprint density at radius 1 is 0.917 bits per heavy atom. The molecule has 2 heterocycles. The summed E-state index contributed by atoms with van der Waals surface area (Å²) in [5.41, 5.74) is 2.00. The monoisotopic (exact) mass is 364 g/mol. The highest BCUT2D eigenvalue weighted by atomic mass is 35.5. The molecule has 0 amide bonds. The summed E-state index contributed by atoms with van der Waals surface area (Å²) in [5.74, 6) is 0.895. The molecule has 0 atom stereocenters. The third-order valence-electron chi connectivity index (χ3n) is 2.91. The van der Waals surface area contributed by atoms with Crippen LogP contribution in [-0.2, 0) is 0 Å². The number of pyridine rings is 2. The molecular weight excluding hydrogens is 351 g/mol. The lowest BCUT2D eigenvalue weighted by Crippen LogP contribution is -1.94. The normalized spacial score (nSPS) is 9.17. The number of methoxy groups -OCH3 is 2. The second-order valence-electron chi connectivity index (χ2n) is 4.44. The summed E-state index contributed by atoms with van der Waals surface area (Å²) in [6, 6.07) is 7.00. The second-order valence-corrected chi connectivity index (χ2v) is 5.23.